The summed E-state index contributed by atoms with van der Waals surface area (Å²) in [5.41, 5.74) is 2.35. The van der Waals surface area contributed by atoms with Gasteiger partial charge in [-0.2, -0.15) is 0 Å². The minimum Gasteiger partial charge on any atom is -0.491 e. The lowest BCUT2D eigenvalue weighted by Gasteiger charge is -2.38. The van der Waals surface area contributed by atoms with Crippen LogP contribution in [-0.2, 0) is 16.0 Å². The van der Waals surface area contributed by atoms with E-state index in [1.54, 1.807) is 16.2 Å². The van der Waals surface area contributed by atoms with Crippen molar-refractivity contribution < 1.29 is 14.3 Å². The molecule has 0 fully saturated rings. The van der Waals surface area contributed by atoms with Crippen LogP contribution < -0.4 is 4.74 Å². The first-order valence-corrected chi connectivity index (χ1v) is 12.1. The Hall–Kier alpha value is -2.34. The van der Waals surface area contributed by atoms with E-state index in [-0.39, 0.29) is 36.4 Å². The summed E-state index contributed by atoms with van der Waals surface area (Å²) in [6.07, 6.45) is 1.67. The van der Waals surface area contributed by atoms with Crippen molar-refractivity contribution in [2.24, 2.45) is 5.92 Å². The molecule has 168 valence electrons. The highest BCUT2D eigenvalue weighted by molar-refractivity contribution is 7.10. The van der Waals surface area contributed by atoms with Crippen LogP contribution in [0, 0.1) is 12.8 Å². The van der Waals surface area contributed by atoms with Crippen LogP contribution in [0.3, 0.4) is 0 Å². The second-order valence-corrected chi connectivity index (χ2v) is 9.65. The van der Waals surface area contributed by atoms with Crippen LogP contribution in [-0.4, -0.2) is 47.4 Å². The number of benzene rings is 1. The smallest absolute Gasteiger partial charge is 0.242 e. The third kappa shape index (κ3) is 5.48. The largest absolute Gasteiger partial charge is 0.491 e. The van der Waals surface area contributed by atoms with Crippen molar-refractivity contribution in [2.75, 3.05) is 19.7 Å². The van der Waals surface area contributed by atoms with Gasteiger partial charge in [0.1, 0.15) is 18.9 Å². The molecule has 6 heteroatoms. The van der Waals surface area contributed by atoms with Gasteiger partial charge in [-0.3, -0.25) is 9.59 Å². The quantitative estimate of drug-likeness (QED) is 0.588. The third-order valence-electron chi connectivity index (χ3n) is 6.05. The molecule has 0 N–H and O–H groups in total. The average molecular weight is 443 g/mol. The molecule has 0 saturated heterocycles. The second-order valence-electron chi connectivity index (χ2n) is 8.65. The van der Waals surface area contributed by atoms with Crippen LogP contribution in [0.15, 0.2) is 35.7 Å². The maximum atomic E-state index is 13.4. The predicted molar refractivity (Wildman–Crippen MR) is 125 cm³/mol. The number of nitrogens with zero attached hydrogens (tertiary/aromatic N) is 2. The van der Waals surface area contributed by atoms with E-state index < -0.39 is 0 Å². The number of hydrogen-bond donors (Lipinski definition) is 0. The fraction of sp³-hybridized carbons (Fsp3) is 0.520. The van der Waals surface area contributed by atoms with Gasteiger partial charge in [0.15, 0.2) is 0 Å². The summed E-state index contributed by atoms with van der Waals surface area (Å²) in [5, 5.41) is 2.09. The number of rotatable bonds is 8. The van der Waals surface area contributed by atoms with Crippen molar-refractivity contribution in [1.82, 2.24) is 9.80 Å². The SMILES string of the molecule is CC[C@H](C)N(CC(=O)N1CCc2sccc2[C@H]1COc1ccc(C)cc1)C(=O)C(C)C. The molecule has 2 heterocycles. The number of amides is 2. The van der Waals surface area contributed by atoms with Gasteiger partial charge in [-0.15, -0.1) is 11.3 Å². The molecule has 5 nitrogen and oxygen atoms in total. The topological polar surface area (TPSA) is 49.9 Å². The second kappa shape index (κ2) is 10.3. The molecule has 0 saturated carbocycles. The zero-order chi connectivity index (χ0) is 22.5. The molecular weight excluding hydrogens is 408 g/mol. The Kier molecular flexibility index (Phi) is 7.76. The first-order chi connectivity index (χ1) is 14.8. The lowest BCUT2D eigenvalue weighted by Crippen LogP contribution is -2.50. The molecule has 0 bridgehead atoms. The maximum absolute atomic E-state index is 13.4. The number of carbonyl (C=O) groups is 2. The van der Waals surface area contributed by atoms with Crippen molar-refractivity contribution in [3.8, 4) is 5.75 Å². The van der Waals surface area contributed by atoms with Gasteiger partial charge in [-0.1, -0.05) is 38.5 Å². The Morgan fingerprint density at radius 3 is 2.55 bits per heavy atom. The van der Waals surface area contributed by atoms with Gasteiger partial charge in [0.05, 0.1) is 6.04 Å². The van der Waals surface area contributed by atoms with E-state index in [1.807, 2.05) is 63.8 Å². The summed E-state index contributed by atoms with van der Waals surface area (Å²) in [6, 6.07) is 9.97. The highest BCUT2D eigenvalue weighted by atomic mass is 32.1. The van der Waals surface area contributed by atoms with E-state index in [2.05, 4.69) is 11.4 Å². The number of hydrogen-bond acceptors (Lipinski definition) is 4. The maximum Gasteiger partial charge on any atom is 0.242 e. The van der Waals surface area contributed by atoms with Gasteiger partial charge in [0.2, 0.25) is 11.8 Å². The van der Waals surface area contributed by atoms with E-state index >= 15 is 0 Å². The first kappa shape index (κ1) is 23.3. The van der Waals surface area contributed by atoms with E-state index in [0.717, 1.165) is 18.6 Å². The summed E-state index contributed by atoms with van der Waals surface area (Å²) in [6.45, 7) is 11.1. The number of carbonyl (C=O) groups excluding carboxylic acids is 2. The molecule has 2 amide bonds. The number of fused-ring (bicyclic) bond motifs is 1. The molecule has 31 heavy (non-hydrogen) atoms. The molecule has 0 spiro atoms. The summed E-state index contributed by atoms with van der Waals surface area (Å²) in [4.78, 5) is 31.2. The molecule has 1 aliphatic rings. The lowest BCUT2D eigenvalue weighted by molar-refractivity contribution is -0.146. The standard InChI is InChI=1S/C25H34N2O3S/c1-6-19(5)27(25(29)17(2)3)15-24(28)26-13-11-23-21(12-14-31-23)22(26)16-30-20-9-7-18(4)8-10-20/h7-10,12,14,17,19,22H,6,11,13,15-16H2,1-5H3/t19-,22+/m0/s1. The van der Waals surface area contributed by atoms with E-state index in [1.165, 1.54) is 16.0 Å². The fourth-order valence-electron chi connectivity index (χ4n) is 3.92. The summed E-state index contributed by atoms with van der Waals surface area (Å²) >= 11 is 1.74. The summed E-state index contributed by atoms with van der Waals surface area (Å²) < 4.78 is 6.10. The Balaban J connectivity index is 1.79. The molecular formula is C25H34N2O3S. The average Bonchev–Trinajstić information content (AvgIpc) is 3.24. The molecule has 1 aliphatic heterocycles. The van der Waals surface area contributed by atoms with Crippen LogP contribution in [0.1, 0.15) is 56.2 Å². The summed E-state index contributed by atoms with van der Waals surface area (Å²) in [5.74, 6) is 0.691. The van der Waals surface area contributed by atoms with Crippen LogP contribution >= 0.6 is 11.3 Å². The van der Waals surface area contributed by atoms with Gasteiger partial charge in [0, 0.05) is 23.4 Å². The minimum atomic E-state index is -0.142. The van der Waals surface area contributed by atoms with Crippen molar-refractivity contribution in [1.29, 1.82) is 0 Å². The molecule has 2 aromatic rings. The summed E-state index contributed by atoms with van der Waals surface area (Å²) in [7, 11) is 0. The van der Waals surface area contributed by atoms with E-state index in [0.29, 0.717) is 13.2 Å². The van der Waals surface area contributed by atoms with Gasteiger partial charge in [0.25, 0.3) is 0 Å². The Morgan fingerprint density at radius 1 is 1.19 bits per heavy atom. The molecule has 0 aliphatic carbocycles. The van der Waals surface area contributed by atoms with Gasteiger partial charge >= 0.3 is 0 Å². The zero-order valence-corrected chi connectivity index (χ0v) is 20.1. The number of thiophene rings is 1. The van der Waals surface area contributed by atoms with Crippen LogP contribution in [0.25, 0.3) is 0 Å². The molecule has 2 atom stereocenters. The van der Waals surface area contributed by atoms with Crippen molar-refractivity contribution >= 4 is 23.2 Å². The highest BCUT2D eigenvalue weighted by Gasteiger charge is 2.34. The Labute approximate surface area is 190 Å². The van der Waals surface area contributed by atoms with Crippen LogP contribution in [0.5, 0.6) is 5.75 Å². The molecule has 1 aromatic heterocycles. The van der Waals surface area contributed by atoms with Crippen LogP contribution in [0.4, 0.5) is 0 Å². The molecule has 0 unspecified atom stereocenters. The Bertz CT molecular complexity index is 890. The van der Waals surface area contributed by atoms with Gasteiger partial charge in [-0.05, 0) is 55.8 Å². The molecule has 0 radical (unpaired) electrons. The highest BCUT2D eigenvalue weighted by Crippen LogP contribution is 2.34. The van der Waals surface area contributed by atoms with Crippen LogP contribution in [0.2, 0.25) is 0 Å². The van der Waals surface area contributed by atoms with Gasteiger partial charge in [-0.25, -0.2) is 0 Å². The van der Waals surface area contributed by atoms with Crippen molar-refractivity contribution in [3.05, 3.63) is 51.7 Å². The first-order valence-electron chi connectivity index (χ1n) is 11.2. The van der Waals surface area contributed by atoms with E-state index in [9.17, 15) is 9.59 Å². The van der Waals surface area contributed by atoms with Crippen molar-refractivity contribution in [2.45, 2.75) is 59.5 Å². The zero-order valence-electron chi connectivity index (χ0n) is 19.3. The molecule has 1 aromatic carbocycles. The third-order valence-corrected chi connectivity index (χ3v) is 7.05. The monoisotopic (exact) mass is 442 g/mol. The van der Waals surface area contributed by atoms with Gasteiger partial charge < -0.3 is 14.5 Å². The fourth-order valence-corrected chi connectivity index (χ4v) is 4.85. The lowest BCUT2D eigenvalue weighted by atomic mass is 10.00. The molecule has 3 rings (SSSR count). The predicted octanol–water partition coefficient (Wildman–Crippen LogP) is 4.84. The van der Waals surface area contributed by atoms with E-state index in [4.69, 9.17) is 4.74 Å². The Morgan fingerprint density at radius 2 is 1.90 bits per heavy atom. The minimum absolute atomic E-state index is 0.0105. The normalized spacial score (nSPS) is 16.7. The van der Waals surface area contributed by atoms with Crippen molar-refractivity contribution in [3.63, 3.8) is 0 Å². The number of aryl methyl sites for hydroxylation is 1. The number of ether oxygens (including phenoxy) is 1.